The van der Waals surface area contributed by atoms with E-state index in [0.717, 1.165) is 11.5 Å². The molecule has 2 aromatic rings. The van der Waals surface area contributed by atoms with Crippen LogP contribution in [0, 0.1) is 12.7 Å². The molecule has 0 aliphatic heterocycles. The topological polar surface area (TPSA) is 54.9 Å². The Bertz CT molecular complexity index is 513. The van der Waals surface area contributed by atoms with Crippen LogP contribution >= 0.6 is 11.5 Å². The Morgan fingerprint density at radius 3 is 2.94 bits per heavy atom. The Morgan fingerprint density at radius 2 is 2.31 bits per heavy atom. The van der Waals surface area contributed by atoms with Crippen LogP contribution in [0.4, 0.5) is 10.1 Å². The first-order valence-electron chi connectivity index (χ1n) is 4.51. The van der Waals surface area contributed by atoms with Crippen molar-refractivity contribution in [3.63, 3.8) is 0 Å². The summed E-state index contributed by atoms with van der Waals surface area (Å²) in [4.78, 5) is 12.0. The second-order valence-corrected chi connectivity index (χ2v) is 3.99. The number of carbonyl (C=O) groups is 1. The van der Waals surface area contributed by atoms with Crippen molar-refractivity contribution < 1.29 is 9.18 Å². The summed E-state index contributed by atoms with van der Waals surface area (Å²) >= 11 is 0.991. The second kappa shape index (κ2) is 4.36. The van der Waals surface area contributed by atoms with Gasteiger partial charge in [-0.05, 0) is 36.2 Å². The number of hydrogen-bond donors (Lipinski definition) is 1. The Balaban J connectivity index is 2.15. The number of halogens is 1. The largest absolute Gasteiger partial charge is 0.321 e. The highest BCUT2D eigenvalue weighted by atomic mass is 32.1. The average Bonchev–Trinajstić information content (AvgIpc) is 2.77. The fourth-order valence-corrected chi connectivity index (χ4v) is 1.54. The maximum atomic E-state index is 13.2. The maximum absolute atomic E-state index is 13.2. The van der Waals surface area contributed by atoms with Crippen LogP contribution in [0.5, 0.6) is 0 Å². The highest BCUT2D eigenvalue weighted by molar-refractivity contribution is 7.07. The molecule has 2 rings (SSSR count). The van der Waals surface area contributed by atoms with E-state index >= 15 is 0 Å². The van der Waals surface area contributed by atoms with Crippen LogP contribution in [0.3, 0.4) is 0 Å². The number of nitrogens with zero attached hydrogens (tertiary/aromatic N) is 2. The van der Waals surface area contributed by atoms with E-state index in [1.807, 2.05) is 0 Å². The molecule has 0 unspecified atom stereocenters. The van der Waals surface area contributed by atoms with Crippen molar-refractivity contribution in [2.75, 3.05) is 5.32 Å². The van der Waals surface area contributed by atoms with Gasteiger partial charge in [0.15, 0.2) is 0 Å². The molecule has 0 saturated heterocycles. The standard InChI is InChI=1S/C10H8FN3OS/c1-6-2-3-7(4-8(6)11)13-10(15)9-5-12-14-16-9/h2-5H,1H3,(H,13,15). The third-order valence-corrected chi connectivity index (χ3v) is 2.68. The Labute approximate surface area is 95.3 Å². The van der Waals surface area contributed by atoms with Crippen molar-refractivity contribution in [2.24, 2.45) is 0 Å². The molecule has 0 radical (unpaired) electrons. The van der Waals surface area contributed by atoms with Crippen molar-refractivity contribution in [1.29, 1.82) is 0 Å². The first kappa shape index (κ1) is 10.7. The van der Waals surface area contributed by atoms with Crippen LogP contribution in [0.25, 0.3) is 0 Å². The minimum Gasteiger partial charge on any atom is -0.321 e. The van der Waals surface area contributed by atoms with Gasteiger partial charge in [-0.15, -0.1) is 5.10 Å². The number of carbonyl (C=O) groups excluding carboxylic acids is 1. The van der Waals surface area contributed by atoms with Crippen molar-refractivity contribution >= 4 is 23.1 Å². The van der Waals surface area contributed by atoms with Gasteiger partial charge in [-0.1, -0.05) is 10.6 Å². The number of hydrogen-bond acceptors (Lipinski definition) is 4. The monoisotopic (exact) mass is 237 g/mol. The first-order chi connectivity index (χ1) is 7.66. The number of rotatable bonds is 2. The highest BCUT2D eigenvalue weighted by Gasteiger charge is 2.09. The van der Waals surface area contributed by atoms with E-state index in [9.17, 15) is 9.18 Å². The lowest BCUT2D eigenvalue weighted by Gasteiger charge is -2.04. The van der Waals surface area contributed by atoms with Gasteiger partial charge in [0.1, 0.15) is 10.7 Å². The molecule has 82 valence electrons. The molecule has 1 amide bonds. The molecule has 1 N–H and O–H groups in total. The van der Waals surface area contributed by atoms with E-state index in [1.165, 1.54) is 12.3 Å². The van der Waals surface area contributed by atoms with E-state index in [2.05, 4.69) is 14.9 Å². The van der Waals surface area contributed by atoms with Gasteiger partial charge in [-0.2, -0.15) is 0 Å². The van der Waals surface area contributed by atoms with Crippen LogP contribution in [0.15, 0.2) is 24.4 Å². The van der Waals surface area contributed by atoms with Gasteiger partial charge >= 0.3 is 0 Å². The lowest BCUT2D eigenvalue weighted by atomic mass is 10.2. The van der Waals surface area contributed by atoms with Crippen LogP contribution < -0.4 is 5.32 Å². The molecule has 1 heterocycles. The predicted octanol–water partition coefficient (Wildman–Crippen LogP) is 2.24. The van der Waals surface area contributed by atoms with Gasteiger partial charge in [0.2, 0.25) is 0 Å². The molecule has 6 heteroatoms. The van der Waals surface area contributed by atoms with Gasteiger partial charge < -0.3 is 5.32 Å². The predicted molar refractivity (Wildman–Crippen MR) is 59.0 cm³/mol. The molecule has 0 fully saturated rings. The smallest absolute Gasteiger partial charge is 0.269 e. The molecule has 1 aromatic heterocycles. The number of anilines is 1. The van der Waals surface area contributed by atoms with E-state index in [0.29, 0.717) is 16.1 Å². The summed E-state index contributed by atoms with van der Waals surface area (Å²) < 4.78 is 16.8. The third kappa shape index (κ3) is 2.22. The Morgan fingerprint density at radius 1 is 1.50 bits per heavy atom. The molecule has 0 atom stereocenters. The van der Waals surface area contributed by atoms with E-state index in [4.69, 9.17) is 0 Å². The van der Waals surface area contributed by atoms with Gasteiger partial charge in [0, 0.05) is 5.69 Å². The molecule has 16 heavy (non-hydrogen) atoms. The van der Waals surface area contributed by atoms with Gasteiger partial charge in [-0.3, -0.25) is 4.79 Å². The van der Waals surface area contributed by atoms with Crippen molar-refractivity contribution in [2.45, 2.75) is 6.92 Å². The second-order valence-electron chi connectivity index (χ2n) is 3.20. The lowest BCUT2D eigenvalue weighted by molar-refractivity contribution is 0.103. The quantitative estimate of drug-likeness (QED) is 0.871. The van der Waals surface area contributed by atoms with Gasteiger partial charge in [0.25, 0.3) is 5.91 Å². The molecule has 4 nitrogen and oxygen atoms in total. The van der Waals surface area contributed by atoms with Crippen molar-refractivity contribution in [3.05, 3.63) is 40.7 Å². The maximum Gasteiger partial charge on any atom is 0.269 e. The molecule has 1 aromatic carbocycles. The number of nitrogens with one attached hydrogen (secondary N) is 1. The normalized spacial score (nSPS) is 10.1. The summed E-state index contributed by atoms with van der Waals surface area (Å²) in [5.74, 6) is -0.682. The number of amides is 1. The summed E-state index contributed by atoms with van der Waals surface area (Å²) in [6, 6.07) is 4.53. The highest BCUT2D eigenvalue weighted by Crippen LogP contribution is 2.15. The van der Waals surface area contributed by atoms with E-state index in [-0.39, 0.29) is 11.7 Å². The summed E-state index contributed by atoms with van der Waals surface area (Å²) in [6.45, 7) is 1.66. The van der Waals surface area contributed by atoms with Crippen LogP contribution in [-0.4, -0.2) is 15.5 Å². The first-order valence-corrected chi connectivity index (χ1v) is 5.29. The zero-order valence-electron chi connectivity index (χ0n) is 8.40. The molecule has 0 aliphatic rings. The van der Waals surface area contributed by atoms with Crippen molar-refractivity contribution in [1.82, 2.24) is 9.59 Å². The van der Waals surface area contributed by atoms with Gasteiger partial charge in [-0.25, -0.2) is 4.39 Å². The molecule has 0 bridgehead atoms. The minimum atomic E-state index is -0.347. The molecule has 0 spiro atoms. The van der Waals surface area contributed by atoms with Gasteiger partial charge in [0.05, 0.1) is 6.20 Å². The lowest BCUT2D eigenvalue weighted by Crippen LogP contribution is -2.10. The molecular weight excluding hydrogens is 229 g/mol. The van der Waals surface area contributed by atoms with E-state index < -0.39 is 0 Å². The number of aromatic nitrogens is 2. The summed E-state index contributed by atoms with van der Waals surface area (Å²) in [5, 5.41) is 6.11. The minimum absolute atomic E-state index is 0.335. The number of aryl methyl sites for hydroxylation is 1. The zero-order valence-corrected chi connectivity index (χ0v) is 9.21. The third-order valence-electron chi connectivity index (χ3n) is 2.01. The summed E-state index contributed by atoms with van der Waals surface area (Å²) in [6.07, 6.45) is 1.37. The molecule has 0 saturated carbocycles. The van der Waals surface area contributed by atoms with Crippen molar-refractivity contribution in [3.8, 4) is 0 Å². The fraction of sp³-hybridized carbons (Fsp3) is 0.100. The van der Waals surface area contributed by atoms with Crippen LogP contribution in [-0.2, 0) is 0 Å². The summed E-state index contributed by atoms with van der Waals surface area (Å²) in [7, 11) is 0. The average molecular weight is 237 g/mol. The number of benzene rings is 1. The summed E-state index contributed by atoms with van der Waals surface area (Å²) in [5.41, 5.74) is 0.957. The zero-order chi connectivity index (χ0) is 11.5. The Kier molecular flexibility index (Phi) is 2.91. The SMILES string of the molecule is Cc1ccc(NC(=O)c2cnns2)cc1F. The van der Waals surface area contributed by atoms with E-state index in [1.54, 1.807) is 19.1 Å². The molecular formula is C10H8FN3OS. The Hall–Kier alpha value is -1.82. The van der Waals surface area contributed by atoms with Crippen LogP contribution in [0.2, 0.25) is 0 Å². The fourth-order valence-electron chi connectivity index (χ4n) is 1.13. The van der Waals surface area contributed by atoms with Crippen LogP contribution in [0.1, 0.15) is 15.2 Å². The molecule has 0 aliphatic carbocycles.